The summed E-state index contributed by atoms with van der Waals surface area (Å²) in [5, 5.41) is 7.14. The van der Waals surface area contributed by atoms with Gasteiger partial charge in [0.1, 0.15) is 11.5 Å². The lowest BCUT2D eigenvalue weighted by atomic mass is 9.81. The summed E-state index contributed by atoms with van der Waals surface area (Å²) in [4.78, 5) is 26.4. The van der Waals surface area contributed by atoms with E-state index in [9.17, 15) is 9.59 Å². The molecule has 2 aromatic rings. The Morgan fingerprint density at radius 1 is 1.31 bits per heavy atom. The van der Waals surface area contributed by atoms with E-state index in [-0.39, 0.29) is 11.8 Å². The molecule has 26 heavy (non-hydrogen) atoms. The molecule has 2 amide bonds. The van der Waals surface area contributed by atoms with Gasteiger partial charge in [-0.25, -0.2) is 0 Å². The number of hydrogen-bond donors (Lipinski definition) is 1. The summed E-state index contributed by atoms with van der Waals surface area (Å²) >= 11 is 0. The van der Waals surface area contributed by atoms with Gasteiger partial charge in [-0.3, -0.25) is 9.59 Å². The Hall–Kier alpha value is -2.63. The van der Waals surface area contributed by atoms with Gasteiger partial charge >= 0.3 is 0 Å². The topological polar surface area (TPSA) is 75.4 Å². The zero-order valence-corrected chi connectivity index (χ0v) is 15.3. The second-order valence-corrected chi connectivity index (χ2v) is 6.95. The van der Waals surface area contributed by atoms with Gasteiger partial charge in [0.2, 0.25) is 11.8 Å². The van der Waals surface area contributed by atoms with Gasteiger partial charge in [0, 0.05) is 44.6 Å². The van der Waals surface area contributed by atoms with Crippen LogP contribution in [0.4, 0.5) is 0 Å². The van der Waals surface area contributed by atoms with E-state index in [1.165, 1.54) is 0 Å². The predicted octanol–water partition coefficient (Wildman–Crippen LogP) is 2.65. The Kier molecular flexibility index (Phi) is 5.40. The summed E-state index contributed by atoms with van der Waals surface area (Å²) in [7, 11) is 0. The minimum Gasteiger partial charge on any atom is -0.361 e. The van der Waals surface area contributed by atoms with Gasteiger partial charge in [-0.1, -0.05) is 42.4 Å². The lowest BCUT2D eigenvalue weighted by Gasteiger charge is -2.27. The Bertz CT molecular complexity index is 772. The molecule has 6 nitrogen and oxygen atoms in total. The molecular weight excluding hydrogens is 330 g/mol. The Balaban J connectivity index is 1.81. The quantitative estimate of drug-likeness (QED) is 0.864. The minimum absolute atomic E-state index is 0.00212. The number of nitrogens with one attached hydrogen (secondary N) is 1. The molecule has 1 aromatic carbocycles. The minimum atomic E-state index is -0.658. The average Bonchev–Trinajstić information content (AvgIpc) is 3.29. The maximum Gasteiger partial charge on any atom is 0.228 e. The molecule has 2 heterocycles. The number of hydrogen-bond acceptors (Lipinski definition) is 4. The highest BCUT2D eigenvalue weighted by Crippen LogP contribution is 2.35. The molecule has 138 valence electrons. The first kappa shape index (κ1) is 18.2. The summed E-state index contributed by atoms with van der Waals surface area (Å²) in [5.74, 6) is 0.652. The number of carbonyl (C=O) groups is 2. The summed E-state index contributed by atoms with van der Waals surface area (Å²) < 4.78 is 5.52. The largest absolute Gasteiger partial charge is 0.361 e. The van der Waals surface area contributed by atoms with Crippen molar-refractivity contribution >= 4 is 11.8 Å². The van der Waals surface area contributed by atoms with Crippen LogP contribution in [0, 0.1) is 5.41 Å². The van der Waals surface area contributed by atoms with Crippen LogP contribution < -0.4 is 5.32 Å². The van der Waals surface area contributed by atoms with Crippen molar-refractivity contribution in [2.45, 2.75) is 33.1 Å². The molecular formula is C20H25N3O3. The second-order valence-electron chi connectivity index (χ2n) is 6.95. The molecule has 0 spiro atoms. The average molecular weight is 355 g/mol. The van der Waals surface area contributed by atoms with E-state index in [1.807, 2.05) is 43.3 Å². The highest BCUT2D eigenvalue weighted by atomic mass is 16.5. The molecule has 0 aliphatic carbocycles. The van der Waals surface area contributed by atoms with Crippen LogP contribution in [0.2, 0.25) is 0 Å². The predicted molar refractivity (Wildman–Crippen MR) is 98.2 cm³/mol. The Morgan fingerprint density at radius 3 is 2.73 bits per heavy atom. The standard InChI is InChI=1S/C20H25N3O3/c1-3-10-21-19(25)20(9-11-23(14-20)15(2)24)13-17-12-18(22-26-17)16-7-5-4-6-8-16/h4-8,12H,3,9-11,13-14H2,1-2H3,(H,21,25). The third kappa shape index (κ3) is 3.79. The summed E-state index contributed by atoms with van der Waals surface area (Å²) in [6, 6.07) is 11.7. The van der Waals surface area contributed by atoms with Gasteiger partial charge in [-0.15, -0.1) is 0 Å². The highest BCUT2D eigenvalue weighted by Gasteiger charge is 2.46. The lowest BCUT2D eigenvalue weighted by Crippen LogP contribution is -2.45. The fourth-order valence-corrected chi connectivity index (χ4v) is 3.45. The van der Waals surface area contributed by atoms with Gasteiger partial charge < -0.3 is 14.7 Å². The van der Waals surface area contributed by atoms with Crippen LogP contribution in [0.25, 0.3) is 11.3 Å². The van der Waals surface area contributed by atoms with Crippen LogP contribution in [0.15, 0.2) is 40.9 Å². The van der Waals surface area contributed by atoms with E-state index >= 15 is 0 Å². The molecule has 0 bridgehead atoms. The second kappa shape index (κ2) is 7.72. The number of nitrogens with zero attached hydrogens (tertiary/aromatic N) is 2. The molecule has 0 radical (unpaired) electrons. The Morgan fingerprint density at radius 2 is 2.08 bits per heavy atom. The first-order chi connectivity index (χ1) is 12.5. The van der Waals surface area contributed by atoms with E-state index in [0.717, 1.165) is 17.7 Å². The number of benzene rings is 1. The van der Waals surface area contributed by atoms with E-state index in [4.69, 9.17) is 4.52 Å². The van der Waals surface area contributed by atoms with Gasteiger partial charge in [-0.2, -0.15) is 0 Å². The summed E-state index contributed by atoms with van der Waals surface area (Å²) in [6.45, 7) is 5.20. The highest BCUT2D eigenvalue weighted by molar-refractivity contribution is 5.85. The number of aromatic nitrogens is 1. The van der Waals surface area contributed by atoms with E-state index in [0.29, 0.717) is 38.2 Å². The van der Waals surface area contributed by atoms with Gasteiger partial charge in [0.25, 0.3) is 0 Å². The van der Waals surface area contributed by atoms with Crippen molar-refractivity contribution in [1.82, 2.24) is 15.4 Å². The zero-order chi connectivity index (χ0) is 18.6. The summed E-state index contributed by atoms with van der Waals surface area (Å²) in [6.07, 6.45) is 1.94. The first-order valence-corrected chi connectivity index (χ1v) is 9.09. The van der Waals surface area contributed by atoms with Crippen LogP contribution >= 0.6 is 0 Å². The molecule has 1 fully saturated rings. The molecule has 1 atom stereocenters. The Labute approximate surface area is 153 Å². The van der Waals surface area contributed by atoms with Gasteiger partial charge in [0.05, 0.1) is 5.41 Å². The number of rotatable bonds is 6. The van der Waals surface area contributed by atoms with Crippen molar-refractivity contribution in [3.63, 3.8) is 0 Å². The van der Waals surface area contributed by atoms with Crippen molar-refractivity contribution in [2.75, 3.05) is 19.6 Å². The van der Waals surface area contributed by atoms with E-state index in [2.05, 4.69) is 10.5 Å². The van der Waals surface area contributed by atoms with E-state index in [1.54, 1.807) is 11.8 Å². The van der Waals surface area contributed by atoms with Crippen LogP contribution in [-0.4, -0.2) is 41.5 Å². The van der Waals surface area contributed by atoms with Crippen molar-refractivity contribution < 1.29 is 14.1 Å². The third-order valence-electron chi connectivity index (χ3n) is 4.96. The van der Waals surface area contributed by atoms with E-state index < -0.39 is 5.41 Å². The van der Waals surface area contributed by atoms with Gasteiger partial charge in [-0.05, 0) is 12.8 Å². The molecule has 6 heteroatoms. The van der Waals surface area contributed by atoms with Crippen LogP contribution in [0.3, 0.4) is 0 Å². The van der Waals surface area contributed by atoms with Crippen molar-refractivity contribution in [3.05, 3.63) is 42.2 Å². The molecule has 1 saturated heterocycles. The molecule has 1 N–H and O–H groups in total. The maximum atomic E-state index is 12.9. The zero-order valence-electron chi connectivity index (χ0n) is 15.3. The fourth-order valence-electron chi connectivity index (χ4n) is 3.45. The number of amides is 2. The first-order valence-electron chi connectivity index (χ1n) is 9.09. The molecule has 1 aliphatic rings. The number of likely N-dealkylation sites (tertiary alicyclic amines) is 1. The molecule has 1 aromatic heterocycles. The fraction of sp³-hybridized carbons (Fsp3) is 0.450. The molecule has 1 aliphatic heterocycles. The SMILES string of the molecule is CCCNC(=O)C1(Cc2cc(-c3ccccc3)no2)CCN(C(C)=O)C1. The smallest absolute Gasteiger partial charge is 0.228 e. The maximum absolute atomic E-state index is 12.9. The monoisotopic (exact) mass is 355 g/mol. The molecule has 1 unspecified atom stereocenters. The lowest BCUT2D eigenvalue weighted by molar-refractivity contribution is -0.132. The van der Waals surface area contributed by atoms with Crippen LogP contribution in [0.1, 0.15) is 32.4 Å². The van der Waals surface area contributed by atoms with Gasteiger partial charge in [0.15, 0.2) is 0 Å². The van der Waals surface area contributed by atoms with Crippen LogP contribution in [-0.2, 0) is 16.0 Å². The van der Waals surface area contributed by atoms with Crippen molar-refractivity contribution in [2.24, 2.45) is 5.41 Å². The van der Waals surface area contributed by atoms with Crippen LogP contribution in [0.5, 0.6) is 0 Å². The third-order valence-corrected chi connectivity index (χ3v) is 4.96. The number of carbonyl (C=O) groups excluding carboxylic acids is 2. The normalized spacial score (nSPS) is 19.5. The molecule has 3 rings (SSSR count). The molecule has 0 saturated carbocycles. The van der Waals surface area contributed by atoms with Crippen molar-refractivity contribution in [1.29, 1.82) is 0 Å². The van der Waals surface area contributed by atoms with Crippen molar-refractivity contribution in [3.8, 4) is 11.3 Å². The summed E-state index contributed by atoms with van der Waals surface area (Å²) in [5.41, 5.74) is 1.07.